The second-order valence-electron chi connectivity index (χ2n) is 6.78. The van der Waals surface area contributed by atoms with E-state index in [0.29, 0.717) is 0 Å². The molecule has 104 valence electrons. The maximum absolute atomic E-state index is 3.67. The monoisotopic (exact) mass is 257 g/mol. The van der Waals surface area contributed by atoms with Crippen molar-refractivity contribution < 1.29 is 0 Å². The first kappa shape index (κ1) is 13.2. The molecule has 0 aliphatic heterocycles. The molecule has 2 aliphatic rings. The Bertz CT molecular complexity index is 400. The molecule has 0 bridgehead atoms. The van der Waals surface area contributed by atoms with Gasteiger partial charge in [-0.05, 0) is 61.1 Å². The van der Waals surface area contributed by atoms with Gasteiger partial charge in [-0.3, -0.25) is 0 Å². The highest BCUT2D eigenvalue weighted by molar-refractivity contribution is 5.29. The van der Waals surface area contributed by atoms with Crippen LogP contribution in [0.2, 0.25) is 0 Å². The molecule has 1 heteroatoms. The van der Waals surface area contributed by atoms with Gasteiger partial charge in [0.2, 0.25) is 0 Å². The Balaban J connectivity index is 1.43. The Morgan fingerprint density at radius 3 is 2.58 bits per heavy atom. The first-order chi connectivity index (χ1) is 9.31. The van der Waals surface area contributed by atoms with Crippen molar-refractivity contribution in [3.63, 3.8) is 0 Å². The van der Waals surface area contributed by atoms with Crippen LogP contribution < -0.4 is 5.32 Å². The van der Waals surface area contributed by atoms with Crippen LogP contribution in [0.15, 0.2) is 24.3 Å². The lowest BCUT2D eigenvalue weighted by Crippen LogP contribution is -2.25. The van der Waals surface area contributed by atoms with E-state index < -0.39 is 0 Å². The van der Waals surface area contributed by atoms with E-state index in [1.54, 1.807) is 5.56 Å². The summed E-state index contributed by atoms with van der Waals surface area (Å²) in [5, 5.41) is 3.67. The van der Waals surface area contributed by atoms with Crippen LogP contribution in [-0.4, -0.2) is 6.54 Å². The molecule has 0 heterocycles. The molecule has 1 nitrogen and oxygen atoms in total. The van der Waals surface area contributed by atoms with Crippen LogP contribution in [0.3, 0.4) is 0 Å². The minimum Gasteiger partial charge on any atom is -0.312 e. The van der Waals surface area contributed by atoms with E-state index in [1.165, 1.54) is 50.6 Å². The van der Waals surface area contributed by atoms with Gasteiger partial charge in [0.15, 0.2) is 0 Å². The van der Waals surface area contributed by atoms with Crippen molar-refractivity contribution in [2.24, 2.45) is 11.8 Å². The summed E-state index contributed by atoms with van der Waals surface area (Å²) < 4.78 is 0. The lowest BCUT2D eigenvalue weighted by molar-refractivity contribution is 0.281. The highest BCUT2D eigenvalue weighted by Gasteiger charge is 2.23. The number of hydrogen-bond acceptors (Lipinski definition) is 1. The first-order valence-corrected chi connectivity index (χ1v) is 8.11. The molecule has 2 saturated carbocycles. The van der Waals surface area contributed by atoms with Crippen LogP contribution in [0.1, 0.15) is 62.5 Å². The Kier molecular flexibility index (Phi) is 4.22. The average Bonchev–Trinajstić information content (AvgIpc) is 3.26. The van der Waals surface area contributed by atoms with Gasteiger partial charge in [0.05, 0.1) is 0 Å². The van der Waals surface area contributed by atoms with Gasteiger partial charge < -0.3 is 5.32 Å². The predicted octanol–water partition coefficient (Wildman–Crippen LogP) is 4.48. The van der Waals surface area contributed by atoms with Crippen LogP contribution in [-0.2, 0) is 6.54 Å². The van der Waals surface area contributed by atoms with E-state index in [0.717, 1.165) is 24.3 Å². The number of nitrogens with one attached hydrogen (secondary N) is 1. The van der Waals surface area contributed by atoms with Crippen molar-refractivity contribution in [2.75, 3.05) is 6.54 Å². The topological polar surface area (TPSA) is 12.0 Å². The van der Waals surface area contributed by atoms with Crippen LogP contribution >= 0.6 is 0 Å². The summed E-state index contributed by atoms with van der Waals surface area (Å²) in [7, 11) is 0. The van der Waals surface area contributed by atoms with Gasteiger partial charge in [-0.25, -0.2) is 0 Å². The summed E-state index contributed by atoms with van der Waals surface area (Å²) in [5.74, 6) is 2.76. The molecule has 0 radical (unpaired) electrons. The number of rotatable bonds is 5. The number of benzene rings is 1. The third-order valence-corrected chi connectivity index (χ3v) is 4.90. The summed E-state index contributed by atoms with van der Waals surface area (Å²) in [6, 6.07) is 9.20. The fourth-order valence-electron chi connectivity index (χ4n) is 3.33. The molecule has 0 spiro atoms. The summed E-state index contributed by atoms with van der Waals surface area (Å²) in [6.45, 7) is 4.65. The van der Waals surface area contributed by atoms with Crippen molar-refractivity contribution in [1.82, 2.24) is 5.32 Å². The molecule has 0 amide bonds. The molecule has 1 aromatic carbocycles. The van der Waals surface area contributed by atoms with E-state index in [4.69, 9.17) is 0 Å². The van der Waals surface area contributed by atoms with Crippen molar-refractivity contribution in [2.45, 2.75) is 57.9 Å². The third-order valence-electron chi connectivity index (χ3n) is 4.90. The quantitative estimate of drug-likeness (QED) is 0.820. The Morgan fingerprint density at radius 1 is 1.05 bits per heavy atom. The summed E-state index contributed by atoms with van der Waals surface area (Å²) in [6.07, 6.45) is 8.52. The predicted molar refractivity (Wildman–Crippen MR) is 81.2 cm³/mol. The van der Waals surface area contributed by atoms with Gasteiger partial charge in [0.1, 0.15) is 0 Å². The van der Waals surface area contributed by atoms with E-state index in [2.05, 4.69) is 36.5 Å². The Morgan fingerprint density at radius 2 is 1.84 bits per heavy atom. The van der Waals surface area contributed by atoms with Gasteiger partial charge in [-0.2, -0.15) is 0 Å². The van der Waals surface area contributed by atoms with Crippen LogP contribution in [0.4, 0.5) is 0 Å². The van der Waals surface area contributed by atoms with Crippen LogP contribution in [0, 0.1) is 11.8 Å². The lowest BCUT2D eigenvalue weighted by atomic mass is 9.83. The summed E-state index contributed by atoms with van der Waals surface area (Å²) in [5.41, 5.74) is 3.03. The summed E-state index contributed by atoms with van der Waals surface area (Å²) >= 11 is 0. The smallest absolute Gasteiger partial charge is 0.0205 e. The maximum Gasteiger partial charge on any atom is 0.0205 e. The van der Waals surface area contributed by atoms with Crippen LogP contribution in [0.5, 0.6) is 0 Å². The highest BCUT2D eigenvalue weighted by atomic mass is 14.9. The third kappa shape index (κ3) is 3.82. The van der Waals surface area contributed by atoms with E-state index >= 15 is 0 Å². The minimum atomic E-state index is 0.875. The molecule has 1 N–H and O–H groups in total. The normalized spacial score (nSPS) is 27.4. The van der Waals surface area contributed by atoms with Gasteiger partial charge in [-0.15, -0.1) is 0 Å². The molecule has 2 aliphatic carbocycles. The second-order valence-corrected chi connectivity index (χ2v) is 6.78. The molecule has 3 rings (SSSR count). The fourth-order valence-corrected chi connectivity index (χ4v) is 3.33. The van der Waals surface area contributed by atoms with E-state index in [-0.39, 0.29) is 0 Å². The van der Waals surface area contributed by atoms with Crippen molar-refractivity contribution in [3.8, 4) is 0 Å². The van der Waals surface area contributed by atoms with Gasteiger partial charge in [0, 0.05) is 6.54 Å². The van der Waals surface area contributed by atoms with Crippen molar-refractivity contribution in [1.29, 1.82) is 0 Å². The fraction of sp³-hybridized carbons (Fsp3) is 0.667. The van der Waals surface area contributed by atoms with Crippen LogP contribution in [0.25, 0.3) is 0 Å². The Labute approximate surface area is 117 Å². The second kappa shape index (κ2) is 6.09. The molecule has 0 saturated heterocycles. The van der Waals surface area contributed by atoms with Crippen molar-refractivity contribution >= 4 is 0 Å². The Hall–Kier alpha value is -0.820. The maximum atomic E-state index is 3.67. The molecular formula is C18H27N. The zero-order chi connectivity index (χ0) is 13.1. The van der Waals surface area contributed by atoms with Gasteiger partial charge in [-0.1, -0.05) is 44.0 Å². The summed E-state index contributed by atoms with van der Waals surface area (Å²) in [4.78, 5) is 0. The zero-order valence-corrected chi connectivity index (χ0v) is 12.2. The molecule has 0 aromatic heterocycles. The highest BCUT2D eigenvalue weighted by Crippen LogP contribution is 2.40. The standard InChI is InChI=1S/C18H27N/c1-14-5-7-15(8-6-14)12-19-13-16-3-2-4-18(11-16)17-9-10-17/h2-4,11,14-15,17,19H,5-10,12-13H2,1H3. The number of hydrogen-bond donors (Lipinski definition) is 1. The molecule has 0 atom stereocenters. The van der Waals surface area contributed by atoms with Gasteiger partial charge >= 0.3 is 0 Å². The zero-order valence-electron chi connectivity index (χ0n) is 12.2. The first-order valence-electron chi connectivity index (χ1n) is 8.11. The SMILES string of the molecule is CC1CCC(CNCc2cccc(C3CC3)c2)CC1. The lowest BCUT2D eigenvalue weighted by Gasteiger charge is -2.26. The van der Waals surface area contributed by atoms with E-state index in [1.807, 2.05) is 0 Å². The molecule has 0 unspecified atom stereocenters. The van der Waals surface area contributed by atoms with Crippen molar-refractivity contribution in [3.05, 3.63) is 35.4 Å². The molecular weight excluding hydrogens is 230 g/mol. The minimum absolute atomic E-state index is 0.875. The molecule has 19 heavy (non-hydrogen) atoms. The largest absolute Gasteiger partial charge is 0.312 e. The molecule has 1 aromatic rings. The van der Waals surface area contributed by atoms with Gasteiger partial charge in [0.25, 0.3) is 0 Å². The molecule has 2 fully saturated rings. The average molecular weight is 257 g/mol. The van der Waals surface area contributed by atoms with E-state index in [9.17, 15) is 0 Å².